The maximum absolute atomic E-state index is 13.1. The summed E-state index contributed by atoms with van der Waals surface area (Å²) in [5.74, 6) is 1.19. The molecule has 1 amide bonds. The van der Waals surface area contributed by atoms with Gasteiger partial charge in [0.2, 0.25) is 11.7 Å². The molecule has 2 N–H and O–H groups in total. The predicted octanol–water partition coefficient (Wildman–Crippen LogP) is 3.36. The van der Waals surface area contributed by atoms with E-state index in [1.807, 2.05) is 49.5 Å². The van der Waals surface area contributed by atoms with Gasteiger partial charge in [-0.2, -0.15) is 10.1 Å². The quantitative estimate of drug-likeness (QED) is 0.418. The summed E-state index contributed by atoms with van der Waals surface area (Å²) in [5, 5.41) is 14.2. The van der Waals surface area contributed by atoms with Crippen LogP contribution in [0.5, 0.6) is 0 Å². The van der Waals surface area contributed by atoms with Gasteiger partial charge >= 0.3 is 0 Å². The number of aromatic amines is 1. The molecule has 0 radical (unpaired) electrons. The van der Waals surface area contributed by atoms with Crippen molar-refractivity contribution in [1.29, 1.82) is 0 Å². The molecule has 1 fully saturated rings. The Morgan fingerprint density at radius 1 is 1.18 bits per heavy atom. The first-order valence-electron chi connectivity index (χ1n) is 11.0. The molecule has 6 rings (SSSR count). The lowest BCUT2D eigenvalue weighted by atomic mass is 10.0. The van der Waals surface area contributed by atoms with E-state index in [0.29, 0.717) is 28.7 Å². The summed E-state index contributed by atoms with van der Waals surface area (Å²) < 4.78 is 7.23. The predicted molar refractivity (Wildman–Crippen MR) is 125 cm³/mol. The zero-order chi connectivity index (χ0) is 23.2. The number of fused-ring (bicyclic) bond motifs is 1. The van der Waals surface area contributed by atoms with E-state index in [0.717, 1.165) is 35.5 Å². The average molecular weight is 454 g/mol. The van der Waals surface area contributed by atoms with E-state index in [9.17, 15) is 4.79 Å². The number of hydrogen-bond acceptors (Lipinski definition) is 7. The van der Waals surface area contributed by atoms with Gasteiger partial charge < -0.3 is 14.7 Å². The number of rotatable bonds is 5. The summed E-state index contributed by atoms with van der Waals surface area (Å²) in [4.78, 5) is 24.3. The number of carbonyl (C=O) groups is 1. The van der Waals surface area contributed by atoms with Gasteiger partial charge in [-0.05, 0) is 43.8 Å². The van der Waals surface area contributed by atoms with E-state index in [-0.39, 0.29) is 11.8 Å². The Morgan fingerprint density at radius 2 is 2.06 bits per heavy atom. The van der Waals surface area contributed by atoms with Crippen LogP contribution in [0.4, 0.5) is 5.69 Å². The van der Waals surface area contributed by atoms with Crippen LogP contribution in [0, 0.1) is 6.92 Å². The molecule has 0 aliphatic carbocycles. The number of imidazole rings is 1. The molecule has 0 bridgehead atoms. The second-order valence-corrected chi connectivity index (χ2v) is 8.60. The number of anilines is 1. The number of hydrogen-bond donors (Lipinski definition) is 2. The molecule has 4 aromatic heterocycles. The fraction of sp³-hybridized carbons (Fsp3) is 0.208. The molecule has 5 aromatic rings. The van der Waals surface area contributed by atoms with Crippen molar-refractivity contribution in [2.75, 3.05) is 25.5 Å². The van der Waals surface area contributed by atoms with Gasteiger partial charge in [0.05, 0.1) is 17.8 Å². The largest absolute Gasteiger partial charge is 0.339 e. The molecule has 34 heavy (non-hydrogen) atoms. The lowest BCUT2D eigenvalue weighted by molar-refractivity contribution is 0.102. The van der Waals surface area contributed by atoms with E-state index in [1.54, 1.807) is 16.8 Å². The van der Waals surface area contributed by atoms with Gasteiger partial charge in [-0.3, -0.25) is 14.3 Å². The Hall–Kier alpha value is -4.31. The highest BCUT2D eigenvalue weighted by molar-refractivity contribution is 6.04. The number of aryl methyl sites for hydroxylation is 1. The first-order valence-corrected chi connectivity index (χ1v) is 11.0. The van der Waals surface area contributed by atoms with E-state index < -0.39 is 0 Å². The minimum atomic E-state index is -0.258. The van der Waals surface area contributed by atoms with Crippen molar-refractivity contribution < 1.29 is 9.32 Å². The molecule has 1 saturated heterocycles. The Morgan fingerprint density at radius 3 is 2.85 bits per heavy atom. The summed E-state index contributed by atoms with van der Waals surface area (Å²) >= 11 is 0. The third-order valence-corrected chi connectivity index (χ3v) is 6.14. The van der Waals surface area contributed by atoms with Gasteiger partial charge in [0.25, 0.3) is 5.91 Å². The highest BCUT2D eigenvalue weighted by atomic mass is 16.5. The maximum atomic E-state index is 13.1. The second-order valence-electron chi connectivity index (χ2n) is 8.60. The number of likely N-dealkylation sites (tertiary alicyclic amines) is 1. The standard InChI is InChI=1S/C24H22N8O2/c1-14-3-4-16(22-28-24(34-30-22)17-12-31(2)13-17)9-19(14)27-23(33)20-11-25-21-10-15(6-8-32(20)21)18-5-7-26-29-18/h3-11,17H,12-13H2,1-2H3,(H,26,29)(H,27,33). The number of benzene rings is 1. The van der Waals surface area contributed by atoms with Gasteiger partial charge in [-0.1, -0.05) is 17.3 Å². The van der Waals surface area contributed by atoms with Gasteiger partial charge in [0.1, 0.15) is 11.3 Å². The van der Waals surface area contributed by atoms with Crippen molar-refractivity contribution in [3.8, 4) is 22.6 Å². The summed E-state index contributed by atoms with van der Waals surface area (Å²) in [5.41, 5.74) is 5.23. The van der Waals surface area contributed by atoms with E-state index in [1.165, 1.54) is 0 Å². The molecule has 1 aliphatic rings. The van der Waals surface area contributed by atoms with Crippen LogP contribution in [0.1, 0.15) is 27.9 Å². The Kier molecular flexibility index (Phi) is 4.73. The zero-order valence-electron chi connectivity index (χ0n) is 18.7. The third kappa shape index (κ3) is 3.54. The molecule has 5 heterocycles. The fourth-order valence-electron chi connectivity index (χ4n) is 4.18. The molecule has 0 unspecified atom stereocenters. The van der Waals surface area contributed by atoms with Crippen LogP contribution in [0.15, 0.2) is 59.5 Å². The summed E-state index contributed by atoms with van der Waals surface area (Å²) in [6.45, 7) is 3.77. The van der Waals surface area contributed by atoms with Crippen molar-refractivity contribution >= 4 is 17.2 Å². The fourth-order valence-corrected chi connectivity index (χ4v) is 4.18. The molecule has 170 valence electrons. The van der Waals surface area contributed by atoms with Crippen LogP contribution in [-0.4, -0.2) is 60.7 Å². The highest BCUT2D eigenvalue weighted by Gasteiger charge is 2.30. The van der Waals surface area contributed by atoms with Crippen molar-refractivity contribution in [1.82, 2.24) is 34.6 Å². The number of nitrogens with one attached hydrogen (secondary N) is 2. The SMILES string of the molecule is Cc1ccc(-c2noc(C3CN(C)C3)n2)cc1NC(=O)c1cnc2cc(-c3cc[nH]n3)ccn12. The number of H-pyrrole nitrogens is 1. The molecular weight excluding hydrogens is 432 g/mol. The van der Waals surface area contributed by atoms with Gasteiger partial charge in [0.15, 0.2) is 0 Å². The minimum absolute atomic E-state index is 0.258. The smallest absolute Gasteiger partial charge is 0.274 e. The zero-order valence-corrected chi connectivity index (χ0v) is 18.7. The summed E-state index contributed by atoms with van der Waals surface area (Å²) in [7, 11) is 2.06. The van der Waals surface area contributed by atoms with Crippen LogP contribution >= 0.6 is 0 Å². The van der Waals surface area contributed by atoms with Crippen molar-refractivity contribution in [2.45, 2.75) is 12.8 Å². The number of amides is 1. The van der Waals surface area contributed by atoms with E-state index >= 15 is 0 Å². The Bertz CT molecular complexity index is 1490. The van der Waals surface area contributed by atoms with Crippen molar-refractivity contribution in [3.05, 3.63) is 72.1 Å². The molecule has 0 saturated carbocycles. The Balaban J connectivity index is 1.25. The minimum Gasteiger partial charge on any atom is -0.339 e. The third-order valence-electron chi connectivity index (χ3n) is 6.14. The number of nitrogens with zero attached hydrogens (tertiary/aromatic N) is 6. The maximum Gasteiger partial charge on any atom is 0.274 e. The first kappa shape index (κ1) is 20.3. The topological polar surface area (TPSA) is 117 Å². The van der Waals surface area contributed by atoms with Crippen molar-refractivity contribution in [3.63, 3.8) is 0 Å². The van der Waals surface area contributed by atoms with Crippen LogP contribution < -0.4 is 5.32 Å². The molecule has 1 aliphatic heterocycles. The van der Waals surface area contributed by atoms with E-state index in [2.05, 4.69) is 42.6 Å². The van der Waals surface area contributed by atoms with Gasteiger partial charge in [-0.25, -0.2) is 4.98 Å². The van der Waals surface area contributed by atoms with Crippen LogP contribution in [0.25, 0.3) is 28.3 Å². The monoisotopic (exact) mass is 454 g/mol. The van der Waals surface area contributed by atoms with Crippen LogP contribution in [-0.2, 0) is 0 Å². The second kappa shape index (κ2) is 7.92. The molecule has 1 aromatic carbocycles. The van der Waals surface area contributed by atoms with E-state index in [4.69, 9.17) is 4.52 Å². The number of likely N-dealkylation sites (N-methyl/N-ethyl adjacent to an activating group) is 1. The average Bonchev–Trinajstić information content (AvgIpc) is 3.58. The molecular formula is C24H22N8O2. The van der Waals surface area contributed by atoms with Gasteiger partial charge in [-0.15, -0.1) is 0 Å². The lowest BCUT2D eigenvalue weighted by Gasteiger charge is -2.33. The molecule has 10 nitrogen and oxygen atoms in total. The Labute approximate surface area is 194 Å². The normalized spacial score (nSPS) is 14.4. The lowest BCUT2D eigenvalue weighted by Crippen LogP contribution is -2.41. The molecule has 0 spiro atoms. The van der Waals surface area contributed by atoms with Gasteiger partial charge in [0, 0.05) is 42.3 Å². The number of carbonyl (C=O) groups excluding carboxylic acids is 1. The summed E-state index contributed by atoms with van der Waals surface area (Å²) in [6, 6.07) is 11.4. The molecule has 0 atom stereocenters. The number of aromatic nitrogens is 6. The molecule has 10 heteroatoms. The summed E-state index contributed by atoms with van der Waals surface area (Å²) in [6.07, 6.45) is 5.16. The number of pyridine rings is 1. The van der Waals surface area contributed by atoms with Crippen molar-refractivity contribution in [2.24, 2.45) is 0 Å². The first-order chi connectivity index (χ1) is 16.5. The van der Waals surface area contributed by atoms with Crippen LogP contribution in [0.2, 0.25) is 0 Å². The highest BCUT2D eigenvalue weighted by Crippen LogP contribution is 2.28. The van der Waals surface area contributed by atoms with Crippen LogP contribution in [0.3, 0.4) is 0 Å².